The minimum absolute atomic E-state index is 0.0815. The van der Waals surface area contributed by atoms with E-state index in [1.54, 1.807) is 6.21 Å². The molecule has 0 bridgehead atoms. The average Bonchev–Trinajstić information content (AvgIpc) is 2.99. The lowest BCUT2D eigenvalue weighted by Crippen LogP contribution is -2.44. The molecule has 2 fully saturated rings. The lowest BCUT2D eigenvalue weighted by Gasteiger charge is -2.37. The first-order valence-electron chi connectivity index (χ1n) is 14.6. The van der Waals surface area contributed by atoms with E-state index in [2.05, 4.69) is 15.4 Å². The Hall–Kier alpha value is -3.38. The number of aromatic hydroxyl groups is 1. The van der Waals surface area contributed by atoms with Crippen molar-refractivity contribution in [3.63, 3.8) is 0 Å². The fraction of sp³-hybridized carbons (Fsp3) is 0.424. The maximum Gasteiger partial charge on any atom is 0.271 e. The molecule has 210 valence electrons. The van der Waals surface area contributed by atoms with Crippen molar-refractivity contribution >= 4 is 40.4 Å². The molecule has 5 rings (SSSR count). The molecule has 1 saturated heterocycles. The predicted molar refractivity (Wildman–Crippen MR) is 161 cm³/mol. The molecule has 0 spiro atoms. The van der Waals surface area contributed by atoms with E-state index in [4.69, 9.17) is 11.6 Å². The van der Waals surface area contributed by atoms with Crippen LogP contribution in [0.25, 0.3) is 10.8 Å². The molecule has 3 aromatic carbocycles. The van der Waals surface area contributed by atoms with E-state index >= 15 is 0 Å². The number of benzene rings is 3. The highest BCUT2D eigenvalue weighted by molar-refractivity contribution is 6.32. The zero-order valence-corrected chi connectivity index (χ0v) is 23.7. The van der Waals surface area contributed by atoms with Crippen molar-refractivity contribution in [2.45, 2.75) is 76.7 Å². The summed E-state index contributed by atoms with van der Waals surface area (Å²) in [7, 11) is 0. The highest BCUT2D eigenvalue weighted by atomic mass is 35.5. The third-order valence-corrected chi connectivity index (χ3v) is 8.85. The van der Waals surface area contributed by atoms with Gasteiger partial charge in [-0.05, 0) is 72.6 Å². The quantitative estimate of drug-likeness (QED) is 0.225. The Bertz CT molecular complexity index is 1380. The van der Waals surface area contributed by atoms with Crippen molar-refractivity contribution in [1.82, 2.24) is 10.3 Å². The Balaban J connectivity index is 1.26. The van der Waals surface area contributed by atoms with Crippen LogP contribution in [0.5, 0.6) is 5.75 Å². The van der Waals surface area contributed by atoms with Crippen LogP contribution in [0, 0.1) is 5.92 Å². The minimum atomic E-state index is -0.427. The number of likely N-dealkylation sites (tertiary alicyclic amines) is 1. The van der Waals surface area contributed by atoms with Gasteiger partial charge in [0.15, 0.2) is 0 Å². The third kappa shape index (κ3) is 6.84. The molecule has 7 heteroatoms. The van der Waals surface area contributed by atoms with Gasteiger partial charge in [-0.2, -0.15) is 5.10 Å². The van der Waals surface area contributed by atoms with Crippen LogP contribution in [0.2, 0.25) is 5.02 Å². The number of carbonyl (C=O) groups excluding carboxylic acids is 2. The van der Waals surface area contributed by atoms with Gasteiger partial charge < -0.3 is 10.0 Å². The van der Waals surface area contributed by atoms with Crippen molar-refractivity contribution in [3.05, 3.63) is 76.3 Å². The summed E-state index contributed by atoms with van der Waals surface area (Å²) in [6, 6.07) is 16.6. The monoisotopic (exact) mass is 559 g/mol. The Morgan fingerprint density at radius 3 is 2.52 bits per heavy atom. The molecular weight excluding hydrogens is 522 g/mol. The van der Waals surface area contributed by atoms with E-state index in [9.17, 15) is 14.7 Å². The molecule has 6 nitrogen and oxygen atoms in total. The number of hydrogen-bond donors (Lipinski definition) is 2. The van der Waals surface area contributed by atoms with Gasteiger partial charge in [-0.25, -0.2) is 5.43 Å². The minimum Gasteiger partial charge on any atom is -0.506 e. The molecule has 1 atom stereocenters. The maximum atomic E-state index is 13.6. The van der Waals surface area contributed by atoms with Crippen molar-refractivity contribution in [2.75, 3.05) is 6.54 Å². The van der Waals surface area contributed by atoms with E-state index in [-0.39, 0.29) is 16.7 Å². The van der Waals surface area contributed by atoms with Crippen LogP contribution < -0.4 is 5.43 Å². The van der Waals surface area contributed by atoms with Crippen LogP contribution in [0.15, 0.2) is 59.7 Å². The molecule has 40 heavy (non-hydrogen) atoms. The second-order valence-electron chi connectivity index (χ2n) is 11.2. The molecule has 1 saturated carbocycles. The Morgan fingerprint density at radius 2 is 1.73 bits per heavy atom. The fourth-order valence-corrected chi connectivity index (χ4v) is 6.50. The van der Waals surface area contributed by atoms with Gasteiger partial charge >= 0.3 is 0 Å². The summed E-state index contributed by atoms with van der Waals surface area (Å²) in [6.07, 6.45) is 14.6. The lowest BCUT2D eigenvalue weighted by molar-refractivity contribution is -0.134. The molecule has 1 unspecified atom stereocenters. The molecule has 0 aromatic heterocycles. The lowest BCUT2D eigenvalue weighted by atomic mass is 9.84. The number of nitrogens with zero attached hydrogens (tertiary/aromatic N) is 2. The average molecular weight is 560 g/mol. The first kappa shape index (κ1) is 28.2. The van der Waals surface area contributed by atoms with Crippen molar-refractivity contribution in [3.8, 4) is 5.75 Å². The number of halogens is 1. The van der Waals surface area contributed by atoms with Gasteiger partial charge in [0.05, 0.1) is 17.7 Å². The smallest absolute Gasteiger partial charge is 0.271 e. The molecule has 2 N–H and O–H groups in total. The summed E-state index contributed by atoms with van der Waals surface area (Å²) in [4.78, 5) is 28.2. The topological polar surface area (TPSA) is 82.0 Å². The van der Waals surface area contributed by atoms with E-state index in [1.807, 2.05) is 36.4 Å². The van der Waals surface area contributed by atoms with Gasteiger partial charge in [0.2, 0.25) is 5.91 Å². The molecular formula is C33H38ClN3O3. The summed E-state index contributed by atoms with van der Waals surface area (Å²) < 4.78 is 0. The van der Waals surface area contributed by atoms with Gasteiger partial charge in [-0.1, -0.05) is 80.1 Å². The molecule has 0 radical (unpaired) electrons. The zero-order chi connectivity index (χ0) is 27.9. The van der Waals surface area contributed by atoms with E-state index in [0.29, 0.717) is 18.0 Å². The van der Waals surface area contributed by atoms with Crippen LogP contribution in [0.3, 0.4) is 0 Å². The number of amides is 2. The second kappa shape index (κ2) is 13.3. The normalized spacial score (nSPS) is 18.3. The van der Waals surface area contributed by atoms with E-state index in [1.165, 1.54) is 63.1 Å². The molecule has 3 aromatic rings. The standard InChI is InChI=1S/C33H38ClN3O3/c34-30-20-25(16-18-31(30)38)33(40)36-35-22-26-15-14-24(28-11-4-5-12-29(26)28)21-32(39)37-19-7-6-10-27(37)17-13-23-8-2-1-3-9-23/h4-5,11-12,14-16,18,20,22-23,27,38H,1-3,6-10,13,17,19,21H2,(H,36,40)/b35-22+. The maximum absolute atomic E-state index is 13.6. The van der Waals surface area contributed by atoms with Crippen LogP contribution in [-0.2, 0) is 11.2 Å². The largest absolute Gasteiger partial charge is 0.506 e. The van der Waals surface area contributed by atoms with Crippen LogP contribution >= 0.6 is 11.6 Å². The second-order valence-corrected chi connectivity index (χ2v) is 11.6. The summed E-state index contributed by atoms with van der Waals surface area (Å²) >= 11 is 5.91. The number of phenolic OH excluding ortho intramolecular Hbond substituents is 1. The third-order valence-electron chi connectivity index (χ3n) is 8.55. The highest BCUT2D eigenvalue weighted by Crippen LogP contribution is 2.31. The zero-order valence-electron chi connectivity index (χ0n) is 22.9. The summed E-state index contributed by atoms with van der Waals surface area (Å²) in [5, 5.41) is 15.8. The van der Waals surface area contributed by atoms with Crippen molar-refractivity contribution in [2.24, 2.45) is 11.0 Å². The van der Waals surface area contributed by atoms with E-state index in [0.717, 1.165) is 53.6 Å². The van der Waals surface area contributed by atoms with E-state index < -0.39 is 5.91 Å². The van der Waals surface area contributed by atoms with Crippen molar-refractivity contribution < 1.29 is 14.7 Å². The van der Waals surface area contributed by atoms with Crippen LogP contribution in [0.1, 0.15) is 85.7 Å². The summed E-state index contributed by atoms with van der Waals surface area (Å²) in [6.45, 7) is 0.864. The van der Waals surface area contributed by atoms with Crippen LogP contribution in [0.4, 0.5) is 0 Å². The fourth-order valence-electron chi connectivity index (χ4n) is 6.32. The molecule has 2 amide bonds. The number of hydrazone groups is 1. The summed E-state index contributed by atoms with van der Waals surface area (Å²) in [5.74, 6) is 0.556. The SMILES string of the molecule is O=C(N/N=C/c1ccc(CC(=O)N2CCCCC2CCC2CCCCC2)c2ccccc12)c1ccc(O)c(Cl)c1. The number of nitrogens with one attached hydrogen (secondary N) is 1. The van der Waals surface area contributed by atoms with Gasteiger partial charge in [0.25, 0.3) is 5.91 Å². The van der Waals surface area contributed by atoms with Gasteiger partial charge in [0, 0.05) is 23.7 Å². The van der Waals surface area contributed by atoms with Crippen LogP contribution in [-0.4, -0.2) is 40.6 Å². The number of phenols is 1. The molecule has 1 aliphatic carbocycles. The number of hydrogen-bond acceptors (Lipinski definition) is 4. The number of fused-ring (bicyclic) bond motifs is 1. The molecule has 2 aliphatic rings. The first-order valence-corrected chi connectivity index (χ1v) is 15.0. The highest BCUT2D eigenvalue weighted by Gasteiger charge is 2.28. The van der Waals surface area contributed by atoms with Gasteiger partial charge in [0.1, 0.15) is 5.75 Å². The number of piperidine rings is 1. The molecule has 1 aliphatic heterocycles. The molecule has 1 heterocycles. The summed E-state index contributed by atoms with van der Waals surface area (Å²) in [5.41, 5.74) is 4.68. The first-order chi connectivity index (χ1) is 19.5. The number of rotatable bonds is 8. The Labute approximate surface area is 241 Å². The Morgan fingerprint density at radius 1 is 0.950 bits per heavy atom. The predicted octanol–water partition coefficient (Wildman–Crippen LogP) is 7.25. The Kier molecular flexibility index (Phi) is 9.38. The van der Waals surface area contributed by atoms with Gasteiger partial charge in [-0.3, -0.25) is 9.59 Å². The van der Waals surface area contributed by atoms with Crippen molar-refractivity contribution in [1.29, 1.82) is 0 Å². The number of carbonyl (C=O) groups is 2. The van der Waals surface area contributed by atoms with Gasteiger partial charge in [-0.15, -0.1) is 0 Å².